The van der Waals surface area contributed by atoms with Crippen molar-refractivity contribution in [1.82, 2.24) is 0 Å². The maximum absolute atomic E-state index is 12.6. The van der Waals surface area contributed by atoms with Gasteiger partial charge in [-0.3, -0.25) is 4.79 Å². The number of nitrogens with one attached hydrogen (secondary N) is 1. The third kappa shape index (κ3) is 3.48. The molecule has 1 atom stereocenters. The van der Waals surface area contributed by atoms with Crippen LogP contribution in [0.3, 0.4) is 0 Å². The Bertz CT molecular complexity index is 852. The molecule has 0 spiro atoms. The molecule has 1 N–H and O–H groups in total. The minimum atomic E-state index is -0.138. The van der Waals surface area contributed by atoms with Gasteiger partial charge in [0.15, 0.2) is 0 Å². The number of hydrogen-bond donors (Lipinski definition) is 1. The number of aryl methyl sites for hydroxylation is 1. The maximum Gasteiger partial charge on any atom is 0.256 e. The maximum atomic E-state index is 12.6. The summed E-state index contributed by atoms with van der Waals surface area (Å²) in [5.41, 5.74) is 3.67. The molecule has 130 valence electrons. The molecule has 1 heterocycles. The highest BCUT2D eigenvalue weighted by molar-refractivity contribution is 7.16. The van der Waals surface area contributed by atoms with Crippen molar-refractivity contribution in [3.63, 3.8) is 0 Å². The highest BCUT2D eigenvalue weighted by atomic mass is 32.1. The van der Waals surface area contributed by atoms with E-state index >= 15 is 0 Å². The molecule has 0 fully saturated rings. The van der Waals surface area contributed by atoms with Crippen molar-refractivity contribution in [2.75, 3.05) is 5.32 Å². The Kier molecular flexibility index (Phi) is 4.71. The number of fused-ring (bicyclic) bond motifs is 1. The van der Waals surface area contributed by atoms with Gasteiger partial charge in [0.05, 0.1) is 5.56 Å². The number of carbonyl (C=O) groups excluding carboxylic acids is 1. The van der Waals surface area contributed by atoms with E-state index in [0.29, 0.717) is 22.0 Å². The van der Waals surface area contributed by atoms with Crippen LogP contribution in [0, 0.1) is 29.6 Å². The lowest BCUT2D eigenvalue weighted by molar-refractivity contribution is 0.102. The smallest absolute Gasteiger partial charge is 0.256 e. The first-order valence-electron chi connectivity index (χ1n) is 8.73. The second-order valence-corrected chi connectivity index (χ2v) is 9.00. The Morgan fingerprint density at radius 2 is 2.04 bits per heavy atom. The predicted molar refractivity (Wildman–Crippen MR) is 103 cm³/mol. The van der Waals surface area contributed by atoms with Gasteiger partial charge in [-0.05, 0) is 54.7 Å². The molecule has 3 nitrogen and oxygen atoms in total. The van der Waals surface area contributed by atoms with Gasteiger partial charge >= 0.3 is 0 Å². The average molecular weight is 353 g/mol. The average Bonchev–Trinajstić information content (AvgIpc) is 2.90. The van der Waals surface area contributed by atoms with Crippen LogP contribution in [0.2, 0.25) is 0 Å². The number of anilines is 1. The standard InChI is InChI=1S/C21H24N2OS/c1-13-7-5-6-8-15(13)19(24)23-20-17(12-22)16-10-9-14(21(2,3)4)11-18(16)25-20/h5-8,14H,9-11H2,1-4H3,(H,23,24)/t14-/m0/s1. The Labute approximate surface area is 153 Å². The van der Waals surface area contributed by atoms with E-state index in [1.165, 1.54) is 4.88 Å². The van der Waals surface area contributed by atoms with Crippen LogP contribution in [0.1, 0.15) is 59.1 Å². The summed E-state index contributed by atoms with van der Waals surface area (Å²) in [6.45, 7) is 8.76. The predicted octanol–water partition coefficient (Wildman–Crippen LogP) is 5.33. The fourth-order valence-corrected chi connectivity index (χ4v) is 4.80. The third-order valence-electron chi connectivity index (χ3n) is 5.22. The van der Waals surface area contributed by atoms with Crippen LogP contribution in [-0.2, 0) is 12.8 Å². The number of amides is 1. The Hall–Kier alpha value is -2.12. The third-order valence-corrected chi connectivity index (χ3v) is 6.39. The van der Waals surface area contributed by atoms with E-state index in [4.69, 9.17) is 0 Å². The summed E-state index contributed by atoms with van der Waals surface area (Å²) in [6, 6.07) is 9.85. The number of benzene rings is 1. The number of carbonyl (C=O) groups is 1. The van der Waals surface area contributed by atoms with E-state index in [-0.39, 0.29) is 11.3 Å². The number of nitrogens with zero attached hydrogens (tertiary/aromatic N) is 1. The molecule has 1 amide bonds. The molecule has 1 aromatic heterocycles. The first-order valence-corrected chi connectivity index (χ1v) is 9.54. The second-order valence-electron chi connectivity index (χ2n) is 7.89. The van der Waals surface area contributed by atoms with Crippen molar-refractivity contribution in [3.05, 3.63) is 51.4 Å². The summed E-state index contributed by atoms with van der Waals surface area (Å²) in [4.78, 5) is 13.9. The monoisotopic (exact) mass is 352 g/mol. The molecular weight excluding hydrogens is 328 g/mol. The zero-order chi connectivity index (χ0) is 18.2. The molecule has 2 aromatic rings. The summed E-state index contributed by atoms with van der Waals surface area (Å²) in [5, 5.41) is 13.3. The van der Waals surface area contributed by atoms with E-state index in [0.717, 1.165) is 30.4 Å². The molecule has 0 saturated carbocycles. The minimum Gasteiger partial charge on any atom is -0.312 e. The van der Waals surface area contributed by atoms with Gasteiger partial charge in [-0.15, -0.1) is 11.3 Å². The first-order chi connectivity index (χ1) is 11.8. The number of hydrogen-bond acceptors (Lipinski definition) is 3. The quantitative estimate of drug-likeness (QED) is 0.794. The summed E-state index contributed by atoms with van der Waals surface area (Å²) in [7, 11) is 0. The molecule has 0 bridgehead atoms. The van der Waals surface area contributed by atoms with Crippen LogP contribution in [0.4, 0.5) is 5.00 Å². The zero-order valence-corrected chi connectivity index (χ0v) is 16.1. The summed E-state index contributed by atoms with van der Waals surface area (Å²) in [6.07, 6.45) is 3.03. The number of nitriles is 1. The van der Waals surface area contributed by atoms with Crippen molar-refractivity contribution in [1.29, 1.82) is 5.26 Å². The Morgan fingerprint density at radius 3 is 2.68 bits per heavy atom. The Balaban J connectivity index is 1.89. The first kappa shape index (κ1) is 17.7. The summed E-state index contributed by atoms with van der Waals surface area (Å²) >= 11 is 1.58. The van der Waals surface area contributed by atoms with Gasteiger partial charge in [-0.1, -0.05) is 39.0 Å². The van der Waals surface area contributed by atoms with E-state index in [1.807, 2.05) is 31.2 Å². The molecule has 1 aliphatic carbocycles. The van der Waals surface area contributed by atoms with Gasteiger partial charge in [0, 0.05) is 10.4 Å². The lowest BCUT2D eigenvalue weighted by Crippen LogP contribution is -2.26. The molecule has 0 radical (unpaired) electrons. The zero-order valence-electron chi connectivity index (χ0n) is 15.3. The normalized spacial score (nSPS) is 16.8. The molecule has 25 heavy (non-hydrogen) atoms. The van der Waals surface area contributed by atoms with Gasteiger partial charge in [-0.25, -0.2) is 0 Å². The van der Waals surface area contributed by atoms with Crippen LogP contribution in [-0.4, -0.2) is 5.91 Å². The highest BCUT2D eigenvalue weighted by Gasteiger charge is 2.32. The van der Waals surface area contributed by atoms with E-state index in [1.54, 1.807) is 11.3 Å². The highest BCUT2D eigenvalue weighted by Crippen LogP contribution is 2.44. The lowest BCUT2D eigenvalue weighted by atomic mass is 9.72. The van der Waals surface area contributed by atoms with Gasteiger partial charge in [-0.2, -0.15) is 5.26 Å². The molecular formula is C21H24N2OS. The second kappa shape index (κ2) is 6.65. The van der Waals surface area contributed by atoms with Crippen molar-refractivity contribution in [2.45, 2.75) is 47.0 Å². The molecule has 0 saturated heterocycles. The van der Waals surface area contributed by atoms with Crippen LogP contribution in [0.25, 0.3) is 0 Å². The molecule has 0 unspecified atom stereocenters. The van der Waals surface area contributed by atoms with Gasteiger partial charge in [0.25, 0.3) is 5.91 Å². The molecule has 0 aliphatic heterocycles. The van der Waals surface area contributed by atoms with Crippen LogP contribution >= 0.6 is 11.3 Å². The SMILES string of the molecule is Cc1ccccc1C(=O)Nc1sc2c(c1C#N)CC[C@H](C(C)(C)C)C2. The number of thiophene rings is 1. The van der Waals surface area contributed by atoms with E-state index in [2.05, 4.69) is 32.2 Å². The molecule has 1 aromatic carbocycles. The fraction of sp³-hybridized carbons (Fsp3) is 0.429. The van der Waals surface area contributed by atoms with Crippen LogP contribution in [0.5, 0.6) is 0 Å². The largest absolute Gasteiger partial charge is 0.312 e. The van der Waals surface area contributed by atoms with Crippen molar-refractivity contribution >= 4 is 22.2 Å². The molecule has 3 rings (SSSR count). The summed E-state index contributed by atoms with van der Waals surface area (Å²) in [5.74, 6) is 0.477. The van der Waals surface area contributed by atoms with Crippen molar-refractivity contribution in [2.24, 2.45) is 11.3 Å². The van der Waals surface area contributed by atoms with Gasteiger partial charge in [0.1, 0.15) is 11.1 Å². The minimum absolute atomic E-state index is 0.138. The van der Waals surface area contributed by atoms with E-state index in [9.17, 15) is 10.1 Å². The number of rotatable bonds is 2. The molecule has 4 heteroatoms. The summed E-state index contributed by atoms with van der Waals surface area (Å²) < 4.78 is 0. The van der Waals surface area contributed by atoms with Crippen LogP contribution < -0.4 is 5.32 Å². The topological polar surface area (TPSA) is 52.9 Å². The van der Waals surface area contributed by atoms with Crippen molar-refractivity contribution < 1.29 is 4.79 Å². The van der Waals surface area contributed by atoms with Gasteiger partial charge < -0.3 is 5.32 Å². The van der Waals surface area contributed by atoms with Crippen LogP contribution in [0.15, 0.2) is 24.3 Å². The van der Waals surface area contributed by atoms with E-state index < -0.39 is 0 Å². The fourth-order valence-electron chi connectivity index (χ4n) is 3.53. The Morgan fingerprint density at radius 1 is 1.32 bits per heavy atom. The molecule has 1 aliphatic rings. The van der Waals surface area contributed by atoms with Gasteiger partial charge in [0.2, 0.25) is 0 Å². The van der Waals surface area contributed by atoms with Crippen molar-refractivity contribution in [3.8, 4) is 6.07 Å². The lowest BCUT2D eigenvalue weighted by Gasteiger charge is -2.33.